The smallest absolute Gasteiger partial charge is 0.283 e. The van der Waals surface area contributed by atoms with E-state index in [1.54, 1.807) is 25.1 Å². The van der Waals surface area contributed by atoms with Crippen molar-refractivity contribution in [3.8, 4) is 0 Å². The molecule has 0 atom stereocenters. The molecule has 0 aromatic heterocycles. The van der Waals surface area contributed by atoms with Crippen molar-refractivity contribution in [3.63, 3.8) is 0 Å². The zero-order valence-electron chi connectivity index (χ0n) is 12.7. The van der Waals surface area contributed by atoms with Crippen molar-refractivity contribution >= 4 is 69.6 Å². The summed E-state index contributed by atoms with van der Waals surface area (Å²) in [6.45, 7) is 1.79. The zero-order valence-corrected chi connectivity index (χ0v) is 15.8. The number of carbonyl (C=O) groups excluding carboxylic acids is 2. The second-order valence-electron chi connectivity index (χ2n) is 5.27. The SMILES string of the molecule is Cc1c(Cl)cccc1NC1=C(Cl)C(=O)N(c2ccc(Cl)c(Cl)c2)C1=O. The van der Waals surface area contributed by atoms with Gasteiger partial charge in [-0.1, -0.05) is 52.5 Å². The number of hydrogen-bond donors (Lipinski definition) is 1. The highest BCUT2D eigenvalue weighted by molar-refractivity contribution is 6.53. The van der Waals surface area contributed by atoms with Gasteiger partial charge in [0.25, 0.3) is 11.8 Å². The molecule has 25 heavy (non-hydrogen) atoms. The van der Waals surface area contributed by atoms with E-state index < -0.39 is 11.8 Å². The van der Waals surface area contributed by atoms with Gasteiger partial charge in [0.2, 0.25) is 0 Å². The number of hydrogen-bond acceptors (Lipinski definition) is 3. The minimum atomic E-state index is -0.646. The van der Waals surface area contributed by atoms with Crippen LogP contribution in [0.15, 0.2) is 47.1 Å². The Labute approximate surface area is 163 Å². The van der Waals surface area contributed by atoms with Gasteiger partial charge in [-0.15, -0.1) is 0 Å². The fraction of sp³-hybridized carbons (Fsp3) is 0.0588. The zero-order chi connectivity index (χ0) is 18.3. The molecule has 1 heterocycles. The van der Waals surface area contributed by atoms with Gasteiger partial charge in [-0.3, -0.25) is 9.59 Å². The monoisotopic (exact) mass is 414 g/mol. The van der Waals surface area contributed by atoms with Crippen LogP contribution in [-0.4, -0.2) is 11.8 Å². The second kappa shape index (κ2) is 6.89. The van der Waals surface area contributed by atoms with Crippen LogP contribution < -0.4 is 10.2 Å². The Bertz CT molecular complexity index is 940. The van der Waals surface area contributed by atoms with E-state index in [1.807, 2.05) is 0 Å². The maximum absolute atomic E-state index is 12.7. The summed E-state index contributed by atoms with van der Waals surface area (Å²) >= 11 is 24.0. The number of nitrogens with one attached hydrogen (secondary N) is 1. The van der Waals surface area contributed by atoms with Crippen molar-refractivity contribution in [2.45, 2.75) is 6.92 Å². The van der Waals surface area contributed by atoms with Gasteiger partial charge >= 0.3 is 0 Å². The molecule has 2 aromatic carbocycles. The van der Waals surface area contributed by atoms with E-state index in [2.05, 4.69) is 5.32 Å². The summed E-state index contributed by atoms with van der Waals surface area (Å²) in [7, 11) is 0. The highest BCUT2D eigenvalue weighted by Gasteiger charge is 2.39. The number of rotatable bonds is 3. The van der Waals surface area contributed by atoms with Crippen molar-refractivity contribution in [2.24, 2.45) is 0 Å². The van der Waals surface area contributed by atoms with E-state index in [9.17, 15) is 9.59 Å². The lowest BCUT2D eigenvalue weighted by atomic mass is 10.2. The number of carbonyl (C=O) groups is 2. The summed E-state index contributed by atoms with van der Waals surface area (Å²) in [4.78, 5) is 26.1. The summed E-state index contributed by atoms with van der Waals surface area (Å²) in [6.07, 6.45) is 0. The standard InChI is InChI=1S/C17H10Cl4N2O2/c1-8-10(18)3-2-4-13(8)22-15-14(21)16(24)23(17(15)25)9-5-6-11(19)12(20)7-9/h2-7,22H,1H3. The molecule has 3 rings (SSSR count). The third-order valence-electron chi connectivity index (χ3n) is 3.72. The van der Waals surface area contributed by atoms with Crippen LogP contribution in [0.25, 0.3) is 0 Å². The Morgan fingerprint density at radius 2 is 1.60 bits per heavy atom. The summed E-state index contributed by atoms with van der Waals surface area (Å²) in [5.41, 5.74) is 1.57. The fourth-order valence-corrected chi connectivity index (χ4v) is 3.03. The van der Waals surface area contributed by atoms with E-state index in [-0.39, 0.29) is 21.4 Å². The van der Waals surface area contributed by atoms with E-state index in [4.69, 9.17) is 46.4 Å². The lowest BCUT2D eigenvalue weighted by Gasteiger charge is -2.16. The molecular weight excluding hydrogens is 406 g/mol. The molecule has 1 N–H and O–H groups in total. The molecule has 2 amide bonds. The van der Waals surface area contributed by atoms with E-state index >= 15 is 0 Å². The average molecular weight is 416 g/mol. The lowest BCUT2D eigenvalue weighted by molar-refractivity contribution is -0.120. The maximum Gasteiger partial charge on any atom is 0.283 e. The number of halogens is 4. The fourth-order valence-electron chi connectivity index (χ4n) is 2.35. The van der Waals surface area contributed by atoms with Gasteiger partial charge in [0, 0.05) is 10.7 Å². The average Bonchev–Trinajstić information content (AvgIpc) is 2.78. The molecule has 1 aliphatic heterocycles. The van der Waals surface area contributed by atoms with Crippen LogP contribution in [0.5, 0.6) is 0 Å². The van der Waals surface area contributed by atoms with Gasteiger partial charge in [-0.2, -0.15) is 0 Å². The third-order valence-corrected chi connectivity index (χ3v) is 5.22. The summed E-state index contributed by atoms with van der Waals surface area (Å²) in [5.74, 6) is -1.24. The van der Waals surface area contributed by atoms with E-state index in [0.29, 0.717) is 15.7 Å². The first-order chi connectivity index (χ1) is 11.8. The molecule has 0 fully saturated rings. The van der Waals surface area contributed by atoms with Crippen LogP contribution >= 0.6 is 46.4 Å². The number of nitrogens with zero attached hydrogens (tertiary/aromatic N) is 1. The Kier molecular flexibility index (Phi) is 4.98. The van der Waals surface area contributed by atoms with Crippen molar-refractivity contribution in [1.82, 2.24) is 0 Å². The number of benzene rings is 2. The highest BCUT2D eigenvalue weighted by atomic mass is 35.5. The topological polar surface area (TPSA) is 49.4 Å². The molecule has 0 radical (unpaired) electrons. The lowest BCUT2D eigenvalue weighted by Crippen LogP contribution is -2.32. The van der Waals surface area contributed by atoms with Gasteiger partial charge in [-0.25, -0.2) is 4.90 Å². The third kappa shape index (κ3) is 3.23. The molecule has 0 saturated carbocycles. The summed E-state index contributed by atoms with van der Waals surface area (Å²) in [6, 6.07) is 9.63. The first-order valence-electron chi connectivity index (χ1n) is 7.07. The van der Waals surface area contributed by atoms with Crippen molar-refractivity contribution in [1.29, 1.82) is 0 Å². The molecule has 2 aromatic rings. The van der Waals surface area contributed by atoms with Crippen LogP contribution in [-0.2, 0) is 9.59 Å². The predicted octanol–water partition coefficient (Wildman–Crippen LogP) is 5.39. The predicted molar refractivity (Wildman–Crippen MR) is 102 cm³/mol. The van der Waals surface area contributed by atoms with Gasteiger partial charge in [-0.05, 0) is 42.8 Å². The number of anilines is 2. The first-order valence-corrected chi connectivity index (χ1v) is 8.58. The van der Waals surface area contributed by atoms with Crippen LogP contribution in [0.4, 0.5) is 11.4 Å². The molecule has 8 heteroatoms. The molecule has 0 bridgehead atoms. The summed E-state index contributed by atoms with van der Waals surface area (Å²) in [5, 5.41) is 3.75. The molecule has 128 valence electrons. The maximum atomic E-state index is 12.7. The van der Waals surface area contributed by atoms with Crippen molar-refractivity contribution in [2.75, 3.05) is 10.2 Å². The molecule has 0 unspecified atom stereocenters. The molecule has 1 aliphatic rings. The number of amides is 2. The second-order valence-corrected chi connectivity index (χ2v) is 6.87. The quantitative estimate of drug-likeness (QED) is 0.683. The molecule has 4 nitrogen and oxygen atoms in total. The minimum absolute atomic E-state index is 0.0249. The van der Waals surface area contributed by atoms with Crippen LogP contribution in [0, 0.1) is 6.92 Å². The van der Waals surface area contributed by atoms with Crippen LogP contribution in [0.2, 0.25) is 15.1 Å². The molecule has 0 aliphatic carbocycles. The van der Waals surface area contributed by atoms with Gasteiger partial charge in [0.05, 0.1) is 15.7 Å². The van der Waals surface area contributed by atoms with E-state index in [0.717, 1.165) is 10.5 Å². The normalized spacial score (nSPS) is 14.5. The van der Waals surface area contributed by atoms with Gasteiger partial charge in [0.15, 0.2) is 0 Å². The van der Waals surface area contributed by atoms with Crippen LogP contribution in [0.1, 0.15) is 5.56 Å². The number of imide groups is 1. The highest BCUT2D eigenvalue weighted by Crippen LogP contribution is 2.34. The Balaban J connectivity index is 1.96. The van der Waals surface area contributed by atoms with E-state index in [1.165, 1.54) is 18.2 Å². The molecular formula is C17H10Cl4N2O2. The largest absolute Gasteiger partial charge is 0.349 e. The Hall–Kier alpha value is -1.72. The van der Waals surface area contributed by atoms with Gasteiger partial charge < -0.3 is 5.32 Å². The van der Waals surface area contributed by atoms with Gasteiger partial charge in [0.1, 0.15) is 10.7 Å². The van der Waals surface area contributed by atoms with Crippen molar-refractivity contribution < 1.29 is 9.59 Å². The van der Waals surface area contributed by atoms with Crippen LogP contribution in [0.3, 0.4) is 0 Å². The summed E-state index contributed by atoms with van der Waals surface area (Å²) < 4.78 is 0. The molecule has 0 spiro atoms. The Morgan fingerprint density at radius 1 is 0.880 bits per heavy atom. The first kappa shape index (κ1) is 18.1. The Morgan fingerprint density at radius 3 is 2.28 bits per heavy atom. The van der Waals surface area contributed by atoms with Crippen molar-refractivity contribution in [3.05, 3.63) is 67.8 Å². The molecule has 0 saturated heterocycles. The minimum Gasteiger partial charge on any atom is -0.349 e.